The van der Waals surface area contributed by atoms with E-state index < -0.39 is 0 Å². The Balaban J connectivity index is 2.42. The third kappa shape index (κ3) is 4.46. The Bertz CT molecular complexity index is 380. The van der Waals surface area contributed by atoms with Crippen LogP contribution < -0.4 is 15.4 Å². The van der Waals surface area contributed by atoms with Gasteiger partial charge < -0.3 is 20.1 Å². The Kier molecular flexibility index (Phi) is 5.43. The van der Waals surface area contributed by atoms with E-state index >= 15 is 0 Å². The summed E-state index contributed by atoms with van der Waals surface area (Å²) in [6.07, 6.45) is 1.33. The van der Waals surface area contributed by atoms with Crippen molar-refractivity contribution >= 4 is 11.7 Å². The van der Waals surface area contributed by atoms with Crippen LogP contribution in [-0.4, -0.2) is 26.3 Å². The molecule has 1 rings (SSSR count). The summed E-state index contributed by atoms with van der Waals surface area (Å²) in [5.74, 6) is 0.616. The Morgan fingerprint density at radius 2 is 2.24 bits per heavy atom. The number of hydrogen-bond donors (Lipinski definition) is 2. The number of para-hydroxylation sites is 2. The molecule has 0 radical (unpaired) electrons. The van der Waals surface area contributed by atoms with Crippen molar-refractivity contribution in [3.05, 3.63) is 37.1 Å². The first-order chi connectivity index (χ1) is 8.27. The molecule has 1 aromatic carbocycles. The van der Waals surface area contributed by atoms with E-state index in [9.17, 15) is 4.79 Å². The van der Waals surface area contributed by atoms with Gasteiger partial charge in [0.1, 0.15) is 12.4 Å². The molecule has 0 saturated carbocycles. The van der Waals surface area contributed by atoms with Gasteiger partial charge in [-0.1, -0.05) is 18.7 Å². The SMILES string of the molecule is C=COCCNC(=O)Nc1ccccc1OC. The van der Waals surface area contributed by atoms with Gasteiger partial charge in [0, 0.05) is 0 Å². The van der Waals surface area contributed by atoms with Crippen molar-refractivity contribution < 1.29 is 14.3 Å². The molecule has 0 aliphatic carbocycles. The van der Waals surface area contributed by atoms with Crippen molar-refractivity contribution in [2.45, 2.75) is 0 Å². The molecule has 0 atom stereocenters. The number of methoxy groups -OCH3 is 1. The normalized spacial score (nSPS) is 9.24. The van der Waals surface area contributed by atoms with Gasteiger partial charge in [0.2, 0.25) is 0 Å². The van der Waals surface area contributed by atoms with Crippen molar-refractivity contribution in [3.63, 3.8) is 0 Å². The third-order valence-electron chi connectivity index (χ3n) is 1.98. The lowest BCUT2D eigenvalue weighted by molar-refractivity contribution is 0.234. The smallest absolute Gasteiger partial charge is 0.319 e. The van der Waals surface area contributed by atoms with Crippen LogP contribution in [0.5, 0.6) is 5.75 Å². The molecule has 0 spiro atoms. The van der Waals surface area contributed by atoms with Crippen molar-refractivity contribution in [1.82, 2.24) is 5.32 Å². The van der Waals surface area contributed by atoms with Gasteiger partial charge in [-0.15, -0.1) is 0 Å². The number of hydrogen-bond acceptors (Lipinski definition) is 3. The number of ether oxygens (including phenoxy) is 2. The molecule has 0 aromatic heterocycles. The predicted octanol–water partition coefficient (Wildman–Crippen LogP) is 1.98. The molecule has 0 aliphatic heterocycles. The standard InChI is InChI=1S/C12H16N2O3/c1-3-17-9-8-13-12(15)14-10-6-4-5-7-11(10)16-2/h3-7H,1,8-9H2,2H3,(H2,13,14,15). The van der Waals surface area contributed by atoms with Gasteiger partial charge in [0.25, 0.3) is 0 Å². The summed E-state index contributed by atoms with van der Waals surface area (Å²) in [7, 11) is 1.55. The van der Waals surface area contributed by atoms with E-state index in [1.54, 1.807) is 19.2 Å². The first kappa shape index (κ1) is 12.9. The first-order valence-corrected chi connectivity index (χ1v) is 5.18. The Morgan fingerprint density at radius 3 is 2.94 bits per heavy atom. The Morgan fingerprint density at radius 1 is 1.47 bits per heavy atom. The fourth-order valence-electron chi connectivity index (χ4n) is 1.22. The molecule has 1 aromatic rings. The average molecular weight is 236 g/mol. The number of carbonyl (C=O) groups is 1. The molecule has 5 nitrogen and oxygen atoms in total. The first-order valence-electron chi connectivity index (χ1n) is 5.18. The van der Waals surface area contributed by atoms with Crippen LogP contribution in [0.25, 0.3) is 0 Å². The Hall–Kier alpha value is -2.17. The minimum atomic E-state index is -0.304. The van der Waals surface area contributed by atoms with Gasteiger partial charge in [-0.3, -0.25) is 0 Å². The second-order valence-electron chi connectivity index (χ2n) is 3.12. The molecule has 2 N–H and O–H groups in total. The third-order valence-corrected chi connectivity index (χ3v) is 1.98. The van der Waals surface area contributed by atoms with Crippen LogP contribution >= 0.6 is 0 Å². The molecule has 0 saturated heterocycles. The number of urea groups is 1. The topological polar surface area (TPSA) is 59.6 Å². The number of anilines is 1. The summed E-state index contributed by atoms with van der Waals surface area (Å²) in [6.45, 7) is 4.20. The van der Waals surface area contributed by atoms with Crippen LogP contribution in [0.2, 0.25) is 0 Å². The van der Waals surface area contributed by atoms with Gasteiger partial charge in [0.05, 0.1) is 25.6 Å². The van der Waals surface area contributed by atoms with Crippen LogP contribution in [0.3, 0.4) is 0 Å². The molecule has 5 heteroatoms. The average Bonchev–Trinajstić information content (AvgIpc) is 2.35. The molecule has 0 fully saturated rings. The lowest BCUT2D eigenvalue weighted by atomic mass is 10.3. The van der Waals surface area contributed by atoms with E-state index in [0.29, 0.717) is 24.6 Å². The predicted molar refractivity (Wildman–Crippen MR) is 66.2 cm³/mol. The van der Waals surface area contributed by atoms with E-state index in [-0.39, 0.29) is 6.03 Å². The van der Waals surface area contributed by atoms with Crippen LogP contribution in [-0.2, 0) is 4.74 Å². The van der Waals surface area contributed by atoms with E-state index in [0.717, 1.165) is 0 Å². The minimum Gasteiger partial charge on any atom is -0.500 e. The molecule has 0 bridgehead atoms. The summed E-state index contributed by atoms with van der Waals surface area (Å²) in [5, 5.41) is 5.32. The van der Waals surface area contributed by atoms with E-state index in [1.807, 2.05) is 12.1 Å². The molecule has 17 heavy (non-hydrogen) atoms. The van der Waals surface area contributed by atoms with Gasteiger partial charge in [-0.2, -0.15) is 0 Å². The zero-order valence-corrected chi connectivity index (χ0v) is 9.73. The van der Waals surface area contributed by atoms with Crippen molar-refractivity contribution in [1.29, 1.82) is 0 Å². The zero-order valence-electron chi connectivity index (χ0n) is 9.73. The number of amides is 2. The van der Waals surface area contributed by atoms with Crippen LogP contribution in [0, 0.1) is 0 Å². The van der Waals surface area contributed by atoms with Crippen molar-refractivity contribution in [2.75, 3.05) is 25.6 Å². The van der Waals surface area contributed by atoms with Gasteiger partial charge >= 0.3 is 6.03 Å². The zero-order chi connectivity index (χ0) is 12.5. The summed E-state index contributed by atoms with van der Waals surface area (Å²) < 4.78 is 9.98. The lowest BCUT2D eigenvalue weighted by Gasteiger charge is -2.10. The maximum absolute atomic E-state index is 11.5. The maximum Gasteiger partial charge on any atom is 0.319 e. The highest BCUT2D eigenvalue weighted by Crippen LogP contribution is 2.22. The molecular weight excluding hydrogens is 220 g/mol. The second-order valence-corrected chi connectivity index (χ2v) is 3.12. The van der Waals surface area contributed by atoms with E-state index in [2.05, 4.69) is 17.2 Å². The fraction of sp³-hybridized carbons (Fsp3) is 0.250. The quantitative estimate of drug-likeness (QED) is 0.586. The van der Waals surface area contributed by atoms with Crippen molar-refractivity contribution in [2.24, 2.45) is 0 Å². The highest BCUT2D eigenvalue weighted by molar-refractivity contribution is 5.90. The van der Waals surface area contributed by atoms with Crippen LogP contribution in [0.15, 0.2) is 37.1 Å². The number of nitrogens with one attached hydrogen (secondary N) is 2. The van der Waals surface area contributed by atoms with Crippen LogP contribution in [0.4, 0.5) is 10.5 Å². The maximum atomic E-state index is 11.5. The molecule has 0 heterocycles. The number of carbonyl (C=O) groups excluding carboxylic acids is 1. The van der Waals surface area contributed by atoms with Gasteiger partial charge in [0.15, 0.2) is 0 Å². The number of benzene rings is 1. The van der Waals surface area contributed by atoms with E-state index in [1.165, 1.54) is 6.26 Å². The highest BCUT2D eigenvalue weighted by atomic mass is 16.5. The number of rotatable bonds is 6. The Labute approximate surface area is 100 Å². The van der Waals surface area contributed by atoms with Crippen LogP contribution in [0.1, 0.15) is 0 Å². The molecule has 92 valence electrons. The largest absolute Gasteiger partial charge is 0.500 e. The van der Waals surface area contributed by atoms with E-state index in [4.69, 9.17) is 9.47 Å². The summed E-state index contributed by atoms with van der Waals surface area (Å²) in [5.41, 5.74) is 0.622. The molecule has 0 unspecified atom stereocenters. The van der Waals surface area contributed by atoms with Crippen molar-refractivity contribution in [3.8, 4) is 5.75 Å². The minimum absolute atomic E-state index is 0.304. The lowest BCUT2D eigenvalue weighted by Crippen LogP contribution is -2.31. The summed E-state index contributed by atoms with van der Waals surface area (Å²) in [6, 6.07) is 6.88. The van der Waals surface area contributed by atoms with Gasteiger partial charge in [-0.05, 0) is 12.1 Å². The molecule has 0 aliphatic rings. The molecule has 2 amide bonds. The molecular formula is C12H16N2O3. The van der Waals surface area contributed by atoms with Gasteiger partial charge in [-0.25, -0.2) is 4.79 Å². The fourth-order valence-corrected chi connectivity index (χ4v) is 1.22. The monoisotopic (exact) mass is 236 g/mol. The second kappa shape index (κ2) is 7.16. The summed E-state index contributed by atoms with van der Waals surface area (Å²) in [4.78, 5) is 11.5. The summed E-state index contributed by atoms with van der Waals surface area (Å²) >= 11 is 0. The highest BCUT2D eigenvalue weighted by Gasteiger charge is 2.05.